The van der Waals surface area contributed by atoms with Gasteiger partial charge in [0, 0.05) is 18.4 Å². The first kappa shape index (κ1) is 43.6. The Balaban J connectivity index is 1.30. The number of nitrogens with one attached hydrogen (secondary N) is 3. The molecule has 5 unspecified atom stereocenters. The number of benzene rings is 1. The first-order valence-corrected chi connectivity index (χ1v) is 21.9. The van der Waals surface area contributed by atoms with Crippen molar-refractivity contribution in [2.45, 2.75) is 139 Å². The summed E-state index contributed by atoms with van der Waals surface area (Å²) in [6, 6.07) is 1.59. The summed E-state index contributed by atoms with van der Waals surface area (Å²) in [5.74, 6) is -9.85. The quantitative estimate of drug-likeness (QED) is 0.304. The molecule has 20 heteroatoms. The second-order valence-corrected chi connectivity index (χ2v) is 20.4. The number of halogens is 4. The van der Waals surface area contributed by atoms with Crippen LogP contribution in [0.15, 0.2) is 18.2 Å². The maximum absolute atomic E-state index is 16.3. The minimum Gasteiger partial charge on any atom is -0.497 e. The number of hydrogen-bond acceptors (Lipinski definition) is 11. The number of methoxy groups -OCH3 is 1. The third kappa shape index (κ3) is 8.28. The van der Waals surface area contributed by atoms with Crippen molar-refractivity contribution in [3.8, 4) is 11.6 Å². The molecule has 60 heavy (non-hydrogen) atoms. The Bertz CT molecular complexity index is 2170. The molecule has 0 spiro atoms. The zero-order chi connectivity index (χ0) is 43.7. The molecule has 3 heterocycles. The van der Waals surface area contributed by atoms with Gasteiger partial charge >= 0.3 is 6.09 Å². The van der Waals surface area contributed by atoms with Gasteiger partial charge in [0.25, 0.3) is 11.8 Å². The van der Waals surface area contributed by atoms with Crippen molar-refractivity contribution in [3.05, 3.63) is 23.9 Å². The molecular weight excluding hydrogens is 817 g/mol. The Kier molecular flexibility index (Phi) is 11.2. The van der Waals surface area contributed by atoms with Crippen LogP contribution >= 0.6 is 0 Å². The van der Waals surface area contributed by atoms with Crippen molar-refractivity contribution >= 4 is 44.9 Å². The standard InChI is InChI=1S/C40H52F4N6O9S/c1-7-22-27-19-50(28(22)32(51)48-39(18-23(39)31(41)42)35(53)49-60(55,56)38(5)14-15-38)34(52)30(37(2,3)4)47-36(54)59-26-16-20(26)10-8-9-13-40(43,44)29-33(58-27)46-25-17-21(57-6)11-12-24(25)45-29/h11-12,17,20,22-23,26-28,30-31H,7-10,13-16,18-19H2,1-6H3,(H,47,54)(H,48,51)(H,49,53)/t20?,22?,23?,26?,27-,28?,30+,39+/m0/s1. The molecule has 330 valence electrons. The van der Waals surface area contributed by atoms with E-state index in [1.54, 1.807) is 33.8 Å². The van der Waals surface area contributed by atoms with Crippen LogP contribution in [0.3, 0.4) is 0 Å². The van der Waals surface area contributed by atoms with Crippen LogP contribution in [0.4, 0.5) is 22.4 Å². The van der Waals surface area contributed by atoms with E-state index in [1.807, 2.05) is 4.72 Å². The fourth-order valence-corrected chi connectivity index (χ4v) is 9.74. The number of amides is 4. The Morgan fingerprint density at radius 3 is 2.40 bits per heavy atom. The third-order valence-corrected chi connectivity index (χ3v) is 14.9. The van der Waals surface area contributed by atoms with Gasteiger partial charge in [0.15, 0.2) is 5.69 Å². The molecule has 1 aromatic carbocycles. The van der Waals surface area contributed by atoms with E-state index in [1.165, 1.54) is 26.2 Å². The molecule has 2 aliphatic heterocycles. The van der Waals surface area contributed by atoms with Crippen LogP contribution in [-0.2, 0) is 35.1 Å². The van der Waals surface area contributed by atoms with E-state index in [0.29, 0.717) is 25.0 Å². The summed E-state index contributed by atoms with van der Waals surface area (Å²) in [5, 5.41) is 5.06. The zero-order valence-electron chi connectivity index (χ0n) is 34.4. The van der Waals surface area contributed by atoms with E-state index in [4.69, 9.17) is 14.2 Å². The molecule has 4 amide bonds. The molecule has 0 radical (unpaired) electrons. The minimum atomic E-state index is -4.31. The molecule has 1 aromatic heterocycles. The van der Waals surface area contributed by atoms with Crippen molar-refractivity contribution < 1.29 is 59.4 Å². The predicted octanol–water partition coefficient (Wildman–Crippen LogP) is 4.96. The number of fused-ring (bicyclic) bond motifs is 5. The first-order chi connectivity index (χ1) is 28.0. The Morgan fingerprint density at radius 1 is 1.07 bits per heavy atom. The normalized spacial score (nSPS) is 31.3. The van der Waals surface area contributed by atoms with Crippen LogP contribution in [0.1, 0.15) is 98.1 Å². The van der Waals surface area contributed by atoms with Gasteiger partial charge in [0.1, 0.15) is 35.6 Å². The van der Waals surface area contributed by atoms with Crippen LogP contribution < -0.4 is 24.8 Å². The number of hydrogen-bond donors (Lipinski definition) is 3. The molecule has 3 N–H and O–H groups in total. The zero-order valence-corrected chi connectivity index (χ0v) is 35.2. The topological polar surface area (TPSA) is 195 Å². The second-order valence-electron chi connectivity index (χ2n) is 18.2. The third-order valence-electron chi connectivity index (χ3n) is 12.8. The smallest absolute Gasteiger partial charge is 0.408 e. The SMILES string of the molecule is CCC1C(C(=O)N[C@]2(C(=O)NS(=O)(=O)C3(C)CC3)CC2C(F)F)N2C[C@@H]1Oc1nc3cc(OC)ccc3nc1C(F)(F)CCCCC1CC1OC(=O)N[C@@H](C(C)(C)C)C2=O. The van der Waals surface area contributed by atoms with Crippen molar-refractivity contribution in [2.75, 3.05) is 13.7 Å². The van der Waals surface area contributed by atoms with Crippen LogP contribution in [0, 0.1) is 23.2 Å². The van der Waals surface area contributed by atoms with Crippen LogP contribution in [0.25, 0.3) is 11.0 Å². The lowest BCUT2D eigenvalue weighted by molar-refractivity contribution is -0.144. The van der Waals surface area contributed by atoms with Crippen LogP contribution in [0.2, 0.25) is 0 Å². The molecule has 2 bridgehead atoms. The van der Waals surface area contributed by atoms with E-state index in [0.717, 1.165) is 4.90 Å². The highest BCUT2D eigenvalue weighted by Gasteiger charge is 2.68. The maximum Gasteiger partial charge on any atom is 0.408 e. The summed E-state index contributed by atoms with van der Waals surface area (Å²) in [6.45, 7) is 7.62. The molecule has 3 aliphatic carbocycles. The number of aromatic nitrogens is 2. The number of sulfonamides is 1. The van der Waals surface area contributed by atoms with Gasteiger partial charge in [-0.25, -0.2) is 32.0 Å². The highest BCUT2D eigenvalue weighted by molar-refractivity contribution is 7.91. The molecule has 3 saturated carbocycles. The monoisotopic (exact) mass is 868 g/mol. The lowest BCUT2D eigenvalue weighted by atomic mass is 9.85. The summed E-state index contributed by atoms with van der Waals surface area (Å²) < 4.78 is 105. The lowest BCUT2D eigenvalue weighted by Crippen LogP contribution is -2.61. The van der Waals surface area contributed by atoms with Crippen LogP contribution in [-0.4, -0.2) is 102 Å². The molecule has 5 aliphatic rings. The van der Waals surface area contributed by atoms with Gasteiger partial charge < -0.3 is 29.7 Å². The van der Waals surface area contributed by atoms with E-state index >= 15 is 8.78 Å². The van der Waals surface area contributed by atoms with Crippen LogP contribution in [0.5, 0.6) is 11.6 Å². The average molecular weight is 869 g/mol. The predicted molar refractivity (Wildman–Crippen MR) is 207 cm³/mol. The Hall–Kier alpha value is -4.49. The molecule has 7 rings (SSSR count). The Labute approximate surface area is 345 Å². The van der Waals surface area contributed by atoms with Gasteiger partial charge in [-0.1, -0.05) is 34.1 Å². The van der Waals surface area contributed by atoms with E-state index in [9.17, 15) is 36.4 Å². The first-order valence-electron chi connectivity index (χ1n) is 20.4. The number of carbonyl (C=O) groups excluding carboxylic acids is 4. The van der Waals surface area contributed by atoms with Gasteiger partial charge in [-0.05, 0) is 75.3 Å². The average Bonchev–Trinajstić information content (AvgIpc) is 4.12. The molecular formula is C40H52F4N6O9S. The molecule has 4 fully saturated rings. The molecule has 8 atom stereocenters. The van der Waals surface area contributed by atoms with Gasteiger partial charge in [-0.3, -0.25) is 19.1 Å². The Morgan fingerprint density at radius 2 is 1.78 bits per heavy atom. The van der Waals surface area contributed by atoms with Crippen molar-refractivity contribution in [1.82, 2.24) is 30.2 Å². The van der Waals surface area contributed by atoms with E-state index in [2.05, 4.69) is 20.6 Å². The molecule has 1 saturated heterocycles. The summed E-state index contributed by atoms with van der Waals surface area (Å²) >= 11 is 0. The molecule has 15 nitrogen and oxygen atoms in total. The number of nitrogens with zero attached hydrogens (tertiary/aromatic N) is 3. The van der Waals surface area contributed by atoms with Gasteiger partial charge in [-0.15, -0.1) is 0 Å². The van der Waals surface area contributed by atoms with E-state index < -0.39 is 129 Å². The largest absolute Gasteiger partial charge is 0.497 e. The highest BCUT2D eigenvalue weighted by Crippen LogP contribution is 2.50. The second kappa shape index (κ2) is 15.4. The number of alkyl carbamates (subject to hydrolysis) is 1. The van der Waals surface area contributed by atoms with E-state index in [-0.39, 0.29) is 42.6 Å². The fraction of sp³-hybridized carbons (Fsp3) is 0.700. The molecule has 2 aromatic rings. The number of rotatable bonds is 8. The number of carbonyl (C=O) groups is 4. The lowest BCUT2D eigenvalue weighted by Gasteiger charge is -2.36. The van der Waals surface area contributed by atoms with Gasteiger partial charge in [0.2, 0.25) is 34.1 Å². The summed E-state index contributed by atoms with van der Waals surface area (Å²) in [7, 11) is -2.89. The maximum atomic E-state index is 16.3. The van der Waals surface area contributed by atoms with Crippen molar-refractivity contribution in [3.63, 3.8) is 0 Å². The number of alkyl halides is 4. The van der Waals surface area contributed by atoms with Gasteiger partial charge in [0.05, 0.1) is 35.4 Å². The van der Waals surface area contributed by atoms with Crippen molar-refractivity contribution in [1.29, 1.82) is 0 Å². The minimum absolute atomic E-state index is 0.0516. The fourth-order valence-electron chi connectivity index (χ4n) is 8.43. The summed E-state index contributed by atoms with van der Waals surface area (Å²) in [5.41, 5.74) is -3.83. The summed E-state index contributed by atoms with van der Waals surface area (Å²) in [6.07, 6.45) is -4.91. The number of ether oxygens (including phenoxy) is 3. The highest BCUT2D eigenvalue weighted by atomic mass is 32.2. The van der Waals surface area contributed by atoms with Crippen molar-refractivity contribution in [2.24, 2.45) is 23.2 Å². The van der Waals surface area contributed by atoms with Gasteiger partial charge in [-0.2, -0.15) is 8.78 Å². The summed E-state index contributed by atoms with van der Waals surface area (Å²) in [4.78, 5) is 66.3.